The molecule has 0 heterocycles. The van der Waals surface area contributed by atoms with E-state index in [0.717, 1.165) is 5.56 Å². The molecule has 9 heteroatoms. The van der Waals surface area contributed by atoms with Crippen LogP contribution in [-0.2, 0) is 21.9 Å². The van der Waals surface area contributed by atoms with Gasteiger partial charge in [0.25, 0.3) is 0 Å². The Morgan fingerprint density at radius 3 is 2.23 bits per heavy atom. The SMILES string of the molecule is CC(C)NC(=O)[C@H](C)N(Cc1ccc(Cl)cc1Cl)C(=O)CSCc1c(Cl)cccc1Cl. The van der Waals surface area contributed by atoms with Gasteiger partial charge in [-0.3, -0.25) is 9.59 Å². The van der Waals surface area contributed by atoms with Gasteiger partial charge < -0.3 is 10.2 Å². The summed E-state index contributed by atoms with van der Waals surface area (Å²) < 4.78 is 0. The number of benzene rings is 2. The normalized spacial score (nSPS) is 12.0. The number of halogens is 4. The second kappa shape index (κ2) is 12.2. The fourth-order valence-corrected chi connectivity index (χ4v) is 4.93. The van der Waals surface area contributed by atoms with E-state index in [1.165, 1.54) is 16.7 Å². The molecule has 0 bridgehead atoms. The quantitative estimate of drug-likeness (QED) is 0.411. The second-order valence-electron chi connectivity index (χ2n) is 7.29. The van der Waals surface area contributed by atoms with Crippen LogP contribution in [0.4, 0.5) is 0 Å². The first-order valence-corrected chi connectivity index (χ1v) is 12.3. The van der Waals surface area contributed by atoms with Crippen LogP contribution in [0, 0.1) is 0 Å². The molecule has 0 saturated heterocycles. The minimum atomic E-state index is -0.675. The molecule has 2 rings (SSSR count). The molecule has 0 saturated carbocycles. The summed E-state index contributed by atoms with van der Waals surface area (Å²) in [6.07, 6.45) is 0. The minimum Gasteiger partial charge on any atom is -0.352 e. The summed E-state index contributed by atoms with van der Waals surface area (Å²) in [5, 5.41) is 4.92. The highest BCUT2D eigenvalue weighted by Crippen LogP contribution is 2.29. The fourth-order valence-electron chi connectivity index (χ4n) is 2.81. The van der Waals surface area contributed by atoms with Crippen LogP contribution in [0.15, 0.2) is 36.4 Å². The van der Waals surface area contributed by atoms with E-state index >= 15 is 0 Å². The van der Waals surface area contributed by atoms with Gasteiger partial charge in [0, 0.05) is 38.4 Å². The van der Waals surface area contributed by atoms with Crippen LogP contribution in [0.2, 0.25) is 20.1 Å². The number of carbonyl (C=O) groups is 2. The Bertz CT molecular complexity index is 919. The lowest BCUT2D eigenvalue weighted by Gasteiger charge is -2.29. The first-order valence-electron chi connectivity index (χ1n) is 9.64. The first-order chi connectivity index (χ1) is 14.6. The topological polar surface area (TPSA) is 49.4 Å². The Hall–Kier alpha value is -1.11. The minimum absolute atomic E-state index is 0.0391. The summed E-state index contributed by atoms with van der Waals surface area (Å²) in [7, 11) is 0. The molecular formula is C22H24Cl4N2O2S. The summed E-state index contributed by atoms with van der Waals surface area (Å²) in [6, 6.07) is 9.67. The number of hydrogen-bond acceptors (Lipinski definition) is 3. The van der Waals surface area contributed by atoms with E-state index in [9.17, 15) is 9.59 Å². The van der Waals surface area contributed by atoms with Crippen molar-refractivity contribution in [3.8, 4) is 0 Å². The maximum atomic E-state index is 13.1. The lowest BCUT2D eigenvalue weighted by molar-refractivity contribution is -0.138. The largest absolute Gasteiger partial charge is 0.352 e. The molecule has 2 amide bonds. The number of nitrogens with zero attached hydrogens (tertiary/aromatic N) is 1. The molecule has 0 aliphatic heterocycles. The smallest absolute Gasteiger partial charge is 0.242 e. The molecule has 2 aromatic carbocycles. The number of rotatable bonds is 9. The standard InChI is InChI=1S/C22H24Cl4N2O2S/c1-13(2)27-22(30)14(3)28(10-15-7-8-16(23)9-20(15)26)21(29)12-31-11-17-18(24)5-4-6-19(17)25/h4-9,13-14H,10-12H2,1-3H3,(H,27,30)/t14-/m0/s1. The predicted molar refractivity (Wildman–Crippen MR) is 132 cm³/mol. The molecule has 0 fully saturated rings. The van der Waals surface area contributed by atoms with Crippen molar-refractivity contribution in [2.45, 2.75) is 45.2 Å². The average Bonchev–Trinajstić information content (AvgIpc) is 2.68. The monoisotopic (exact) mass is 520 g/mol. The second-order valence-corrected chi connectivity index (χ2v) is 9.93. The van der Waals surface area contributed by atoms with Crippen molar-refractivity contribution >= 4 is 70.0 Å². The van der Waals surface area contributed by atoms with Crippen LogP contribution in [0.5, 0.6) is 0 Å². The highest BCUT2D eigenvalue weighted by Gasteiger charge is 2.27. The fraction of sp³-hybridized carbons (Fsp3) is 0.364. The lowest BCUT2D eigenvalue weighted by Crippen LogP contribution is -2.49. The molecule has 4 nitrogen and oxygen atoms in total. The third-order valence-corrected chi connectivity index (χ3v) is 6.73. The third kappa shape index (κ3) is 7.76. The summed E-state index contributed by atoms with van der Waals surface area (Å²) in [4.78, 5) is 27.2. The summed E-state index contributed by atoms with van der Waals surface area (Å²) in [5.41, 5.74) is 1.49. The molecule has 31 heavy (non-hydrogen) atoms. The number of nitrogens with one attached hydrogen (secondary N) is 1. The van der Waals surface area contributed by atoms with Crippen molar-refractivity contribution in [2.24, 2.45) is 0 Å². The van der Waals surface area contributed by atoms with Gasteiger partial charge in [0.05, 0.1) is 5.75 Å². The molecule has 168 valence electrons. The first kappa shape index (κ1) is 26.1. The van der Waals surface area contributed by atoms with Gasteiger partial charge in [0.2, 0.25) is 11.8 Å². The third-order valence-electron chi connectivity index (χ3n) is 4.49. The van der Waals surface area contributed by atoms with E-state index < -0.39 is 6.04 Å². The Morgan fingerprint density at radius 1 is 1.00 bits per heavy atom. The van der Waals surface area contributed by atoms with E-state index in [1.54, 1.807) is 43.3 Å². The molecule has 0 radical (unpaired) electrons. The van der Waals surface area contributed by atoms with Crippen molar-refractivity contribution in [3.63, 3.8) is 0 Å². The van der Waals surface area contributed by atoms with Gasteiger partial charge >= 0.3 is 0 Å². The zero-order valence-electron chi connectivity index (χ0n) is 17.4. The molecule has 0 aliphatic carbocycles. The summed E-state index contributed by atoms with van der Waals surface area (Å²) in [6.45, 7) is 5.63. The Labute approximate surface area is 207 Å². The molecule has 0 aromatic heterocycles. The number of hydrogen-bond donors (Lipinski definition) is 1. The summed E-state index contributed by atoms with van der Waals surface area (Å²) >= 11 is 26.1. The molecule has 2 aromatic rings. The zero-order chi connectivity index (χ0) is 23.1. The van der Waals surface area contributed by atoms with E-state index in [-0.39, 0.29) is 30.2 Å². The molecule has 1 N–H and O–H groups in total. The average molecular weight is 522 g/mol. The Morgan fingerprint density at radius 2 is 1.65 bits per heavy atom. The maximum Gasteiger partial charge on any atom is 0.242 e. The Kier molecular flexibility index (Phi) is 10.3. The predicted octanol–water partition coefficient (Wildman–Crippen LogP) is 6.48. The number of thioether (sulfide) groups is 1. The molecule has 1 atom stereocenters. The van der Waals surface area contributed by atoms with Gasteiger partial charge in [-0.1, -0.05) is 58.5 Å². The summed E-state index contributed by atoms with van der Waals surface area (Å²) in [5.74, 6) is 0.219. The molecule has 0 spiro atoms. The molecule has 0 aliphatic rings. The number of carbonyl (C=O) groups excluding carboxylic acids is 2. The van der Waals surface area contributed by atoms with Gasteiger partial charge in [-0.2, -0.15) is 0 Å². The van der Waals surface area contributed by atoms with Gasteiger partial charge in [-0.05, 0) is 56.2 Å². The highest BCUT2D eigenvalue weighted by molar-refractivity contribution is 7.99. The highest BCUT2D eigenvalue weighted by atomic mass is 35.5. The van der Waals surface area contributed by atoms with Gasteiger partial charge in [0.1, 0.15) is 6.04 Å². The van der Waals surface area contributed by atoms with E-state index in [2.05, 4.69) is 5.32 Å². The van der Waals surface area contributed by atoms with E-state index in [4.69, 9.17) is 46.4 Å². The van der Waals surface area contributed by atoms with Crippen LogP contribution < -0.4 is 5.32 Å². The van der Waals surface area contributed by atoms with Crippen LogP contribution >= 0.6 is 58.2 Å². The van der Waals surface area contributed by atoms with Crippen LogP contribution in [0.25, 0.3) is 0 Å². The van der Waals surface area contributed by atoms with Gasteiger partial charge in [0.15, 0.2) is 0 Å². The van der Waals surface area contributed by atoms with E-state index in [0.29, 0.717) is 31.4 Å². The van der Waals surface area contributed by atoms with Crippen molar-refractivity contribution in [1.29, 1.82) is 0 Å². The van der Waals surface area contributed by atoms with Crippen molar-refractivity contribution in [2.75, 3.05) is 5.75 Å². The Balaban J connectivity index is 2.15. The van der Waals surface area contributed by atoms with Crippen molar-refractivity contribution < 1.29 is 9.59 Å². The van der Waals surface area contributed by atoms with E-state index in [1.807, 2.05) is 13.8 Å². The van der Waals surface area contributed by atoms with Gasteiger partial charge in [-0.25, -0.2) is 0 Å². The molecular weight excluding hydrogens is 498 g/mol. The van der Waals surface area contributed by atoms with Gasteiger partial charge in [-0.15, -0.1) is 11.8 Å². The maximum absolute atomic E-state index is 13.1. The van der Waals surface area contributed by atoms with Crippen LogP contribution in [0.1, 0.15) is 31.9 Å². The van der Waals surface area contributed by atoms with Crippen LogP contribution in [-0.4, -0.2) is 34.6 Å². The number of amides is 2. The molecule has 0 unspecified atom stereocenters. The van der Waals surface area contributed by atoms with Crippen molar-refractivity contribution in [3.05, 3.63) is 67.6 Å². The lowest BCUT2D eigenvalue weighted by atomic mass is 10.1. The van der Waals surface area contributed by atoms with Crippen molar-refractivity contribution in [1.82, 2.24) is 10.2 Å². The zero-order valence-corrected chi connectivity index (χ0v) is 21.3. The van der Waals surface area contributed by atoms with Crippen LogP contribution in [0.3, 0.4) is 0 Å².